The summed E-state index contributed by atoms with van der Waals surface area (Å²) in [6.07, 6.45) is 0. The molecule has 100 valence electrons. The van der Waals surface area contributed by atoms with Crippen LogP contribution in [0.1, 0.15) is 29.2 Å². The van der Waals surface area contributed by atoms with Crippen molar-refractivity contribution in [1.82, 2.24) is 10.3 Å². The van der Waals surface area contributed by atoms with Crippen LogP contribution in [0.25, 0.3) is 0 Å². The van der Waals surface area contributed by atoms with E-state index in [9.17, 15) is 4.79 Å². The van der Waals surface area contributed by atoms with E-state index in [2.05, 4.69) is 51.5 Å². The maximum atomic E-state index is 12.0. The third kappa shape index (κ3) is 3.64. The van der Waals surface area contributed by atoms with E-state index >= 15 is 0 Å². The van der Waals surface area contributed by atoms with Gasteiger partial charge in [-0.15, -0.1) is 11.3 Å². The molecule has 0 aliphatic heterocycles. The topological polar surface area (TPSA) is 42.0 Å². The number of rotatable bonds is 4. The maximum Gasteiger partial charge on any atom is 0.269 e. The molecule has 0 atom stereocenters. The molecule has 0 saturated heterocycles. The van der Waals surface area contributed by atoms with E-state index in [1.165, 1.54) is 4.88 Å². The summed E-state index contributed by atoms with van der Waals surface area (Å²) in [6.45, 7) is 4.82. The molecule has 3 nitrogen and oxygen atoms in total. The van der Waals surface area contributed by atoms with Crippen LogP contribution in [-0.2, 0) is 5.41 Å². The molecule has 0 saturated carbocycles. The Kier molecular flexibility index (Phi) is 4.37. The Bertz CT molecular complexity index is 567. The van der Waals surface area contributed by atoms with Gasteiger partial charge in [0.25, 0.3) is 5.91 Å². The molecule has 0 fully saturated rings. The highest BCUT2D eigenvalue weighted by atomic mass is 79.9. The smallest absolute Gasteiger partial charge is 0.269 e. The zero-order valence-electron chi connectivity index (χ0n) is 10.8. The van der Waals surface area contributed by atoms with Crippen LogP contribution >= 0.6 is 27.3 Å². The molecule has 0 radical (unpaired) electrons. The first kappa shape index (κ1) is 14.2. The largest absolute Gasteiger partial charge is 0.350 e. The van der Waals surface area contributed by atoms with Crippen molar-refractivity contribution in [2.75, 3.05) is 6.54 Å². The Morgan fingerprint density at radius 3 is 2.79 bits per heavy atom. The predicted molar refractivity (Wildman–Crippen MR) is 81.6 cm³/mol. The maximum absolute atomic E-state index is 12.0. The number of hydrogen-bond donors (Lipinski definition) is 1. The van der Waals surface area contributed by atoms with Gasteiger partial charge in [-0.1, -0.05) is 26.0 Å². The summed E-state index contributed by atoms with van der Waals surface area (Å²) < 4.78 is 0.665. The van der Waals surface area contributed by atoms with Crippen molar-refractivity contribution in [3.8, 4) is 0 Å². The highest BCUT2D eigenvalue weighted by molar-refractivity contribution is 9.10. The monoisotopic (exact) mass is 338 g/mol. The Balaban J connectivity index is 2.01. The number of carbonyl (C=O) groups excluding carboxylic acids is 1. The highest BCUT2D eigenvalue weighted by Crippen LogP contribution is 2.26. The van der Waals surface area contributed by atoms with Gasteiger partial charge in [0.05, 0.1) is 0 Å². The first-order chi connectivity index (χ1) is 8.99. The van der Waals surface area contributed by atoms with Gasteiger partial charge in [0, 0.05) is 16.8 Å². The van der Waals surface area contributed by atoms with Gasteiger partial charge >= 0.3 is 0 Å². The molecule has 1 N–H and O–H groups in total. The van der Waals surface area contributed by atoms with E-state index in [0.29, 0.717) is 16.8 Å². The van der Waals surface area contributed by atoms with Crippen LogP contribution in [0.2, 0.25) is 0 Å². The van der Waals surface area contributed by atoms with E-state index in [1.807, 2.05) is 6.07 Å². The Morgan fingerprint density at radius 2 is 2.16 bits per heavy atom. The quantitative estimate of drug-likeness (QED) is 0.865. The van der Waals surface area contributed by atoms with Crippen LogP contribution in [0.5, 0.6) is 0 Å². The lowest BCUT2D eigenvalue weighted by Gasteiger charge is -2.23. The lowest BCUT2D eigenvalue weighted by Crippen LogP contribution is -2.36. The van der Waals surface area contributed by atoms with Gasteiger partial charge in [0.1, 0.15) is 10.3 Å². The van der Waals surface area contributed by atoms with Crippen LogP contribution in [0, 0.1) is 0 Å². The summed E-state index contributed by atoms with van der Waals surface area (Å²) in [5.74, 6) is -0.147. The molecular formula is C14H15BrN2OS. The molecule has 19 heavy (non-hydrogen) atoms. The van der Waals surface area contributed by atoms with Gasteiger partial charge in [-0.2, -0.15) is 0 Å². The lowest BCUT2D eigenvalue weighted by atomic mass is 9.91. The number of pyridine rings is 1. The number of thiophene rings is 1. The predicted octanol–water partition coefficient (Wildman–Crippen LogP) is 3.61. The zero-order chi connectivity index (χ0) is 13.9. The lowest BCUT2D eigenvalue weighted by molar-refractivity contribution is 0.0941. The summed E-state index contributed by atoms with van der Waals surface area (Å²) in [5, 5.41) is 4.99. The van der Waals surface area contributed by atoms with Gasteiger partial charge < -0.3 is 5.32 Å². The third-order valence-corrected chi connectivity index (χ3v) is 4.50. The average molecular weight is 339 g/mol. The summed E-state index contributed by atoms with van der Waals surface area (Å²) in [4.78, 5) is 17.4. The number of amides is 1. The standard InChI is InChI=1S/C14H15BrN2OS/c1-14(2,11-6-4-8-19-11)9-16-13(18)10-5-3-7-12(15)17-10/h3-8H,9H2,1-2H3,(H,16,18). The number of halogens is 1. The molecule has 2 heterocycles. The Morgan fingerprint density at radius 1 is 1.37 bits per heavy atom. The summed E-state index contributed by atoms with van der Waals surface area (Å²) >= 11 is 4.97. The summed E-state index contributed by atoms with van der Waals surface area (Å²) in [7, 11) is 0. The van der Waals surface area contributed by atoms with Gasteiger partial charge in [-0.05, 0) is 39.5 Å². The normalized spacial score (nSPS) is 11.3. The second kappa shape index (κ2) is 5.84. The fourth-order valence-corrected chi connectivity index (χ4v) is 2.87. The van der Waals surface area contributed by atoms with E-state index in [0.717, 1.165) is 0 Å². The van der Waals surface area contributed by atoms with Crippen molar-refractivity contribution >= 4 is 33.2 Å². The SMILES string of the molecule is CC(C)(CNC(=O)c1cccc(Br)n1)c1cccs1. The molecule has 2 aromatic heterocycles. The molecule has 0 bridgehead atoms. The van der Waals surface area contributed by atoms with Crippen molar-refractivity contribution < 1.29 is 4.79 Å². The minimum absolute atomic E-state index is 0.0736. The fourth-order valence-electron chi connectivity index (χ4n) is 1.68. The van der Waals surface area contributed by atoms with Crippen molar-refractivity contribution in [3.63, 3.8) is 0 Å². The highest BCUT2D eigenvalue weighted by Gasteiger charge is 2.22. The average Bonchev–Trinajstić information content (AvgIpc) is 2.90. The molecule has 0 spiro atoms. The van der Waals surface area contributed by atoms with Crippen LogP contribution in [0.3, 0.4) is 0 Å². The molecule has 1 amide bonds. The number of nitrogens with zero attached hydrogens (tertiary/aromatic N) is 1. The van der Waals surface area contributed by atoms with Crippen molar-refractivity contribution in [3.05, 3.63) is 50.9 Å². The molecule has 2 aromatic rings. The van der Waals surface area contributed by atoms with E-state index in [1.54, 1.807) is 29.5 Å². The Labute approximate surface area is 125 Å². The van der Waals surface area contributed by atoms with E-state index in [4.69, 9.17) is 0 Å². The van der Waals surface area contributed by atoms with Crippen LogP contribution in [0.15, 0.2) is 40.3 Å². The number of hydrogen-bond acceptors (Lipinski definition) is 3. The molecule has 0 aromatic carbocycles. The number of aromatic nitrogens is 1. The van der Waals surface area contributed by atoms with Gasteiger partial charge in [0.2, 0.25) is 0 Å². The first-order valence-corrected chi connectivity index (χ1v) is 7.61. The first-order valence-electron chi connectivity index (χ1n) is 5.94. The minimum Gasteiger partial charge on any atom is -0.350 e. The second-order valence-corrected chi connectivity index (χ2v) is 6.65. The van der Waals surface area contributed by atoms with Crippen LogP contribution < -0.4 is 5.32 Å². The molecule has 2 rings (SSSR count). The van der Waals surface area contributed by atoms with Crippen LogP contribution in [0.4, 0.5) is 0 Å². The molecule has 0 unspecified atom stereocenters. The van der Waals surface area contributed by atoms with Crippen LogP contribution in [-0.4, -0.2) is 17.4 Å². The van der Waals surface area contributed by atoms with Gasteiger partial charge in [0.15, 0.2) is 0 Å². The molecule has 5 heteroatoms. The second-order valence-electron chi connectivity index (χ2n) is 4.89. The summed E-state index contributed by atoms with van der Waals surface area (Å²) in [5.41, 5.74) is 0.354. The zero-order valence-corrected chi connectivity index (χ0v) is 13.2. The van der Waals surface area contributed by atoms with Gasteiger partial charge in [-0.3, -0.25) is 4.79 Å². The van der Waals surface area contributed by atoms with Crippen molar-refractivity contribution in [1.29, 1.82) is 0 Å². The van der Waals surface area contributed by atoms with Crippen molar-refractivity contribution in [2.45, 2.75) is 19.3 Å². The van der Waals surface area contributed by atoms with Gasteiger partial charge in [-0.25, -0.2) is 4.98 Å². The molecule has 0 aliphatic carbocycles. The third-order valence-electron chi connectivity index (χ3n) is 2.83. The van der Waals surface area contributed by atoms with E-state index < -0.39 is 0 Å². The minimum atomic E-state index is -0.147. The number of nitrogens with one attached hydrogen (secondary N) is 1. The Hall–Kier alpha value is -1.20. The summed E-state index contributed by atoms with van der Waals surface area (Å²) in [6, 6.07) is 9.43. The molecule has 0 aliphatic rings. The fraction of sp³-hybridized carbons (Fsp3) is 0.286. The van der Waals surface area contributed by atoms with E-state index in [-0.39, 0.29) is 11.3 Å². The van der Waals surface area contributed by atoms with Crippen molar-refractivity contribution in [2.24, 2.45) is 0 Å². The number of carbonyl (C=O) groups is 1. The molecular weight excluding hydrogens is 324 g/mol.